The van der Waals surface area contributed by atoms with Crippen molar-refractivity contribution in [2.75, 3.05) is 19.4 Å². The van der Waals surface area contributed by atoms with E-state index in [0.717, 1.165) is 22.2 Å². The first kappa shape index (κ1) is 23.6. The van der Waals surface area contributed by atoms with Gasteiger partial charge in [-0.2, -0.15) is 5.10 Å². The summed E-state index contributed by atoms with van der Waals surface area (Å²) in [6.07, 6.45) is 8.61. The number of rotatable bonds is 7. The number of nitrogens with zero attached hydrogens (tertiary/aromatic N) is 5. The molecule has 0 aromatic carbocycles. The lowest BCUT2D eigenvalue weighted by atomic mass is 10.1. The summed E-state index contributed by atoms with van der Waals surface area (Å²) in [5, 5.41) is 10.9. The molecule has 4 rings (SSSR count). The molecule has 0 bridgehead atoms. The number of carbonyl (C=O) groups excluding carboxylic acids is 2. The Morgan fingerprint density at radius 3 is 2.66 bits per heavy atom. The summed E-state index contributed by atoms with van der Waals surface area (Å²) >= 11 is 0. The second kappa shape index (κ2) is 9.72. The number of aromatic amines is 2. The van der Waals surface area contributed by atoms with Crippen LogP contribution in [-0.4, -0.2) is 60.9 Å². The van der Waals surface area contributed by atoms with Crippen LogP contribution < -0.4 is 5.32 Å². The number of allylic oxidation sites excluding steroid dienone is 2. The molecule has 10 nitrogen and oxygen atoms in total. The third-order valence-electron chi connectivity index (χ3n) is 5.38. The van der Waals surface area contributed by atoms with Gasteiger partial charge in [0.05, 0.1) is 28.5 Å². The normalized spacial score (nSPS) is 11.5. The molecule has 0 aliphatic rings. The van der Waals surface area contributed by atoms with Gasteiger partial charge in [0, 0.05) is 49.7 Å². The summed E-state index contributed by atoms with van der Waals surface area (Å²) in [5.41, 5.74) is 5.08. The van der Waals surface area contributed by atoms with Crippen LogP contribution in [0.2, 0.25) is 0 Å². The molecule has 0 radical (unpaired) electrons. The number of likely N-dealkylation sites (N-methyl/N-ethyl adjacent to an activating group) is 1. The molecule has 4 aromatic heterocycles. The lowest BCUT2D eigenvalue weighted by Gasteiger charge is -2.12. The number of pyridine rings is 2. The van der Waals surface area contributed by atoms with Gasteiger partial charge in [0.1, 0.15) is 5.69 Å². The van der Waals surface area contributed by atoms with E-state index in [-0.39, 0.29) is 11.8 Å². The largest absolute Gasteiger partial charge is 0.345 e. The molecule has 35 heavy (non-hydrogen) atoms. The van der Waals surface area contributed by atoms with E-state index in [1.54, 1.807) is 51.8 Å². The summed E-state index contributed by atoms with van der Waals surface area (Å²) in [5.74, 6) is 0.269. The standard InChI is InChI=1S/C25H26N8O2/c1-6-8-18(25(35)33(4)5)21-14(3)28-24(30-21)22-19-10-16(12-27-23(19)32-31-22)15-9-17(13-26-11-15)29-20(34)7-2/h6,8-13H,1,7H2,2-5H3,(H,28,30)(H,29,34)(H,27,31,32)/b18-8+. The quantitative estimate of drug-likeness (QED) is 0.278. The molecule has 0 saturated heterocycles. The van der Waals surface area contributed by atoms with Crippen molar-refractivity contribution in [3.8, 4) is 22.6 Å². The fourth-order valence-electron chi connectivity index (χ4n) is 3.60. The Kier molecular flexibility index (Phi) is 6.54. The molecule has 0 spiro atoms. The SMILES string of the molecule is C=C/C=C(/C(=O)N(C)C)c1nc(-c2[nH]nc3ncc(-c4cncc(NC(=O)CC)c4)cc23)[nH]c1C. The van der Waals surface area contributed by atoms with Crippen LogP contribution >= 0.6 is 0 Å². The van der Waals surface area contributed by atoms with E-state index >= 15 is 0 Å². The third kappa shape index (κ3) is 4.72. The van der Waals surface area contributed by atoms with E-state index in [1.807, 2.05) is 19.1 Å². The van der Waals surface area contributed by atoms with Gasteiger partial charge >= 0.3 is 0 Å². The summed E-state index contributed by atoms with van der Waals surface area (Å²) in [6, 6.07) is 3.78. The second-order valence-corrected chi connectivity index (χ2v) is 8.13. The predicted molar refractivity (Wildman–Crippen MR) is 135 cm³/mol. The zero-order valence-corrected chi connectivity index (χ0v) is 20.0. The van der Waals surface area contributed by atoms with Gasteiger partial charge < -0.3 is 15.2 Å². The van der Waals surface area contributed by atoms with E-state index in [9.17, 15) is 9.59 Å². The van der Waals surface area contributed by atoms with Gasteiger partial charge in [-0.3, -0.25) is 19.7 Å². The summed E-state index contributed by atoms with van der Waals surface area (Å²) in [6.45, 7) is 7.37. The van der Waals surface area contributed by atoms with E-state index in [0.29, 0.717) is 40.5 Å². The number of hydrogen-bond donors (Lipinski definition) is 3. The lowest BCUT2D eigenvalue weighted by molar-refractivity contribution is -0.122. The van der Waals surface area contributed by atoms with Gasteiger partial charge in [0.15, 0.2) is 11.5 Å². The van der Waals surface area contributed by atoms with Crippen LogP contribution in [0.15, 0.2) is 49.5 Å². The topological polar surface area (TPSA) is 133 Å². The number of amides is 2. The third-order valence-corrected chi connectivity index (χ3v) is 5.38. The van der Waals surface area contributed by atoms with Crippen LogP contribution in [0.25, 0.3) is 39.3 Å². The van der Waals surface area contributed by atoms with E-state index in [4.69, 9.17) is 4.98 Å². The Morgan fingerprint density at radius 2 is 1.94 bits per heavy atom. The molecule has 0 atom stereocenters. The van der Waals surface area contributed by atoms with Crippen LogP contribution in [0.5, 0.6) is 0 Å². The number of anilines is 1. The van der Waals surface area contributed by atoms with Gasteiger partial charge in [-0.1, -0.05) is 19.6 Å². The molecule has 0 aliphatic carbocycles. The summed E-state index contributed by atoms with van der Waals surface area (Å²) in [7, 11) is 3.38. The minimum absolute atomic E-state index is 0.0868. The molecule has 10 heteroatoms. The first-order chi connectivity index (χ1) is 16.8. The number of H-pyrrole nitrogens is 2. The van der Waals surface area contributed by atoms with Gasteiger partial charge in [-0.25, -0.2) is 9.97 Å². The number of aryl methyl sites for hydroxylation is 1. The van der Waals surface area contributed by atoms with Crippen LogP contribution in [0, 0.1) is 6.92 Å². The number of fused-ring (bicyclic) bond motifs is 1. The fourth-order valence-corrected chi connectivity index (χ4v) is 3.60. The smallest absolute Gasteiger partial charge is 0.255 e. The van der Waals surface area contributed by atoms with E-state index < -0.39 is 0 Å². The average Bonchev–Trinajstić information content (AvgIpc) is 3.44. The Bertz CT molecular complexity index is 1460. The number of aromatic nitrogens is 6. The zero-order chi connectivity index (χ0) is 25.1. The Labute approximate surface area is 202 Å². The molecular weight excluding hydrogens is 444 g/mol. The van der Waals surface area contributed by atoms with E-state index in [2.05, 4.69) is 37.0 Å². The second-order valence-electron chi connectivity index (χ2n) is 8.13. The monoisotopic (exact) mass is 470 g/mol. The maximum atomic E-state index is 12.7. The van der Waals surface area contributed by atoms with E-state index in [1.165, 1.54) is 4.90 Å². The number of hydrogen-bond acceptors (Lipinski definition) is 6. The summed E-state index contributed by atoms with van der Waals surface area (Å²) < 4.78 is 0. The molecule has 0 saturated carbocycles. The maximum Gasteiger partial charge on any atom is 0.255 e. The molecule has 0 fully saturated rings. The molecule has 4 aromatic rings. The number of carbonyl (C=O) groups is 2. The minimum atomic E-state index is -0.174. The van der Waals surface area contributed by atoms with Crippen molar-refractivity contribution in [3.63, 3.8) is 0 Å². The zero-order valence-electron chi connectivity index (χ0n) is 20.0. The van der Waals surface area contributed by atoms with Gasteiger partial charge in [0.2, 0.25) is 5.91 Å². The molecule has 2 amide bonds. The molecule has 3 N–H and O–H groups in total. The predicted octanol–water partition coefficient (Wildman–Crippen LogP) is 3.72. The highest BCUT2D eigenvalue weighted by molar-refractivity contribution is 6.19. The Morgan fingerprint density at radius 1 is 1.17 bits per heavy atom. The highest BCUT2D eigenvalue weighted by atomic mass is 16.2. The van der Waals surface area contributed by atoms with Crippen molar-refractivity contribution in [2.45, 2.75) is 20.3 Å². The minimum Gasteiger partial charge on any atom is -0.345 e. The Hall–Kier alpha value is -4.60. The fraction of sp³-hybridized carbons (Fsp3) is 0.200. The number of imidazole rings is 1. The maximum absolute atomic E-state index is 12.7. The summed E-state index contributed by atoms with van der Waals surface area (Å²) in [4.78, 5) is 42.6. The molecule has 0 aliphatic heterocycles. The molecule has 0 unspecified atom stereocenters. The van der Waals surface area contributed by atoms with Crippen LogP contribution in [0.1, 0.15) is 24.7 Å². The lowest BCUT2D eigenvalue weighted by Crippen LogP contribution is -2.23. The first-order valence-corrected chi connectivity index (χ1v) is 11.0. The van der Waals surface area contributed by atoms with Crippen LogP contribution in [-0.2, 0) is 9.59 Å². The van der Waals surface area contributed by atoms with Crippen molar-refractivity contribution in [1.29, 1.82) is 0 Å². The Balaban J connectivity index is 1.76. The van der Waals surface area contributed by atoms with Gasteiger partial charge in [-0.05, 0) is 25.1 Å². The van der Waals surface area contributed by atoms with Gasteiger partial charge in [0.25, 0.3) is 5.91 Å². The highest BCUT2D eigenvalue weighted by Gasteiger charge is 2.21. The number of nitrogens with one attached hydrogen (secondary N) is 3. The van der Waals surface area contributed by atoms with Crippen molar-refractivity contribution < 1.29 is 9.59 Å². The molecule has 178 valence electrons. The van der Waals surface area contributed by atoms with Gasteiger partial charge in [-0.15, -0.1) is 0 Å². The van der Waals surface area contributed by atoms with Crippen LogP contribution in [0.3, 0.4) is 0 Å². The first-order valence-electron chi connectivity index (χ1n) is 11.0. The highest BCUT2D eigenvalue weighted by Crippen LogP contribution is 2.30. The molecular formula is C25H26N8O2. The van der Waals surface area contributed by atoms with Crippen LogP contribution in [0.4, 0.5) is 5.69 Å². The van der Waals surface area contributed by atoms with Crippen molar-refractivity contribution in [1.82, 2.24) is 35.0 Å². The molecule has 4 heterocycles. The van der Waals surface area contributed by atoms with Crippen molar-refractivity contribution >= 4 is 34.1 Å². The van der Waals surface area contributed by atoms with Crippen molar-refractivity contribution in [3.05, 3.63) is 60.8 Å². The van der Waals surface area contributed by atoms with Crippen molar-refractivity contribution in [2.24, 2.45) is 0 Å². The average molecular weight is 471 g/mol.